The first-order valence-corrected chi connectivity index (χ1v) is 10.00. The van der Waals surface area contributed by atoms with Gasteiger partial charge in [-0.2, -0.15) is 0 Å². The molecular formula is C23H15BrClNO3. The smallest absolute Gasteiger partial charge is 0.363 e. The number of esters is 1. The summed E-state index contributed by atoms with van der Waals surface area (Å²) < 4.78 is 12.1. The molecule has 0 aromatic heterocycles. The molecule has 0 N–H and O–H groups in total. The summed E-state index contributed by atoms with van der Waals surface area (Å²) in [6.45, 7) is 0.479. The van der Waals surface area contributed by atoms with Crippen LogP contribution < -0.4 is 4.74 Å². The fraction of sp³-hybridized carbons (Fsp3) is 0.0435. The SMILES string of the molecule is O=C1OC(c2cccc(Cl)c2)=N/C1=C\c1ccc(OCc2ccc(Br)cc2)cc1. The van der Waals surface area contributed by atoms with E-state index in [4.69, 9.17) is 21.1 Å². The Labute approximate surface area is 181 Å². The third kappa shape index (κ3) is 4.94. The maximum Gasteiger partial charge on any atom is 0.363 e. The molecule has 0 fully saturated rings. The number of halogens is 2. The minimum Gasteiger partial charge on any atom is -0.489 e. The lowest BCUT2D eigenvalue weighted by Crippen LogP contribution is -2.05. The van der Waals surface area contributed by atoms with Gasteiger partial charge in [-0.3, -0.25) is 0 Å². The van der Waals surface area contributed by atoms with E-state index in [0.717, 1.165) is 21.3 Å². The van der Waals surface area contributed by atoms with Gasteiger partial charge in [0.2, 0.25) is 5.90 Å². The molecule has 0 atom stereocenters. The highest BCUT2D eigenvalue weighted by atomic mass is 79.9. The fourth-order valence-electron chi connectivity index (χ4n) is 2.72. The third-order valence-corrected chi connectivity index (χ3v) is 4.96. The number of hydrogen-bond donors (Lipinski definition) is 0. The summed E-state index contributed by atoms with van der Waals surface area (Å²) in [5, 5.41) is 0.553. The molecule has 0 amide bonds. The van der Waals surface area contributed by atoms with Gasteiger partial charge in [0.15, 0.2) is 5.70 Å². The summed E-state index contributed by atoms with van der Waals surface area (Å²) in [6, 6.07) is 22.4. The summed E-state index contributed by atoms with van der Waals surface area (Å²) in [6.07, 6.45) is 1.68. The molecule has 1 aliphatic rings. The van der Waals surface area contributed by atoms with Crippen LogP contribution in [0.25, 0.3) is 6.08 Å². The highest BCUT2D eigenvalue weighted by Crippen LogP contribution is 2.22. The Morgan fingerprint density at radius 3 is 2.52 bits per heavy atom. The first-order valence-electron chi connectivity index (χ1n) is 8.83. The number of hydrogen-bond acceptors (Lipinski definition) is 4. The Hall–Kier alpha value is -2.89. The van der Waals surface area contributed by atoms with E-state index in [-0.39, 0.29) is 11.6 Å². The molecule has 4 rings (SSSR count). The van der Waals surface area contributed by atoms with Crippen LogP contribution in [0.3, 0.4) is 0 Å². The van der Waals surface area contributed by atoms with E-state index in [0.29, 0.717) is 17.2 Å². The summed E-state index contributed by atoms with van der Waals surface area (Å²) in [5.74, 6) is 0.501. The lowest BCUT2D eigenvalue weighted by atomic mass is 10.2. The topological polar surface area (TPSA) is 47.9 Å². The molecule has 1 aliphatic heterocycles. The van der Waals surface area contributed by atoms with Crippen molar-refractivity contribution in [2.24, 2.45) is 4.99 Å². The summed E-state index contributed by atoms with van der Waals surface area (Å²) in [7, 11) is 0. The predicted molar refractivity (Wildman–Crippen MR) is 117 cm³/mol. The number of rotatable bonds is 5. The van der Waals surface area contributed by atoms with Crippen LogP contribution in [-0.2, 0) is 16.1 Å². The Morgan fingerprint density at radius 2 is 1.79 bits per heavy atom. The van der Waals surface area contributed by atoms with E-state index in [1.807, 2.05) is 48.5 Å². The van der Waals surface area contributed by atoms with Gasteiger partial charge < -0.3 is 9.47 Å². The van der Waals surface area contributed by atoms with Crippen LogP contribution in [0.4, 0.5) is 0 Å². The minimum atomic E-state index is -0.490. The molecule has 6 heteroatoms. The average molecular weight is 469 g/mol. The molecular weight excluding hydrogens is 454 g/mol. The van der Waals surface area contributed by atoms with Crippen molar-refractivity contribution in [3.8, 4) is 5.75 Å². The zero-order valence-corrected chi connectivity index (χ0v) is 17.5. The van der Waals surface area contributed by atoms with Gasteiger partial charge in [-0.25, -0.2) is 9.79 Å². The monoisotopic (exact) mass is 467 g/mol. The second-order valence-electron chi connectivity index (χ2n) is 6.33. The van der Waals surface area contributed by atoms with Gasteiger partial charge in [-0.05, 0) is 59.7 Å². The zero-order chi connectivity index (χ0) is 20.2. The molecule has 3 aromatic rings. The van der Waals surface area contributed by atoms with Crippen LogP contribution in [-0.4, -0.2) is 11.9 Å². The number of ether oxygens (including phenoxy) is 2. The van der Waals surface area contributed by atoms with Gasteiger partial charge in [0.25, 0.3) is 0 Å². The summed E-state index contributed by atoms with van der Waals surface area (Å²) in [4.78, 5) is 16.4. The van der Waals surface area contributed by atoms with E-state index in [9.17, 15) is 4.79 Å². The van der Waals surface area contributed by atoms with Crippen molar-refractivity contribution in [2.75, 3.05) is 0 Å². The second-order valence-corrected chi connectivity index (χ2v) is 7.68. The van der Waals surface area contributed by atoms with Crippen molar-refractivity contribution in [2.45, 2.75) is 6.61 Å². The fourth-order valence-corrected chi connectivity index (χ4v) is 3.17. The number of aliphatic imine (C=N–C) groups is 1. The number of cyclic esters (lactones) is 1. The Bertz CT molecular complexity index is 1110. The van der Waals surface area contributed by atoms with Crippen molar-refractivity contribution in [1.82, 2.24) is 0 Å². The largest absolute Gasteiger partial charge is 0.489 e. The Morgan fingerprint density at radius 1 is 1.03 bits per heavy atom. The molecule has 0 bridgehead atoms. The molecule has 0 saturated heterocycles. The highest BCUT2D eigenvalue weighted by Gasteiger charge is 2.24. The maximum atomic E-state index is 12.1. The Balaban J connectivity index is 1.45. The summed E-state index contributed by atoms with van der Waals surface area (Å²) >= 11 is 9.40. The molecule has 29 heavy (non-hydrogen) atoms. The van der Waals surface area contributed by atoms with Gasteiger partial charge in [0.05, 0.1) is 0 Å². The van der Waals surface area contributed by atoms with E-state index >= 15 is 0 Å². The van der Waals surface area contributed by atoms with E-state index in [1.54, 1.807) is 30.3 Å². The molecule has 4 nitrogen and oxygen atoms in total. The van der Waals surface area contributed by atoms with E-state index in [2.05, 4.69) is 20.9 Å². The van der Waals surface area contributed by atoms with Gasteiger partial charge in [0, 0.05) is 15.1 Å². The van der Waals surface area contributed by atoms with Crippen LogP contribution in [0.2, 0.25) is 5.02 Å². The molecule has 144 valence electrons. The molecule has 0 saturated carbocycles. The van der Waals surface area contributed by atoms with Gasteiger partial charge in [0.1, 0.15) is 12.4 Å². The number of carbonyl (C=O) groups is 1. The maximum absolute atomic E-state index is 12.1. The summed E-state index contributed by atoms with van der Waals surface area (Å²) in [5.41, 5.74) is 2.80. The molecule has 3 aromatic carbocycles. The van der Waals surface area contributed by atoms with Crippen LogP contribution in [0.5, 0.6) is 5.75 Å². The van der Waals surface area contributed by atoms with Crippen molar-refractivity contribution >= 4 is 45.5 Å². The normalized spacial score (nSPS) is 14.6. The molecule has 0 radical (unpaired) electrons. The molecule has 0 spiro atoms. The number of nitrogens with zero attached hydrogens (tertiary/aromatic N) is 1. The first-order chi connectivity index (χ1) is 14.1. The van der Waals surface area contributed by atoms with Gasteiger partial charge in [-0.15, -0.1) is 0 Å². The number of carbonyl (C=O) groups excluding carboxylic acids is 1. The van der Waals surface area contributed by atoms with Gasteiger partial charge in [-0.1, -0.05) is 57.9 Å². The van der Waals surface area contributed by atoms with E-state index < -0.39 is 5.97 Å². The van der Waals surface area contributed by atoms with E-state index in [1.165, 1.54) is 0 Å². The molecule has 1 heterocycles. The minimum absolute atomic E-state index is 0.239. The van der Waals surface area contributed by atoms with Gasteiger partial charge >= 0.3 is 5.97 Å². The van der Waals surface area contributed by atoms with Crippen LogP contribution in [0.1, 0.15) is 16.7 Å². The van der Waals surface area contributed by atoms with Crippen LogP contribution in [0, 0.1) is 0 Å². The van der Waals surface area contributed by atoms with Crippen LogP contribution >= 0.6 is 27.5 Å². The average Bonchev–Trinajstić information content (AvgIpc) is 3.09. The van der Waals surface area contributed by atoms with Crippen molar-refractivity contribution in [3.05, 3.63) is 105 Å². The quantitative estimate of drug-likeness (QED) is 0.339. The highest BCUT2D eigenvalue weighted by molar-refractivity contribution is 9.10. The lowest BCUT2D eigenvalue weighted by molar-refractivity contribution is -0.129. The molecule has 0 unspecified atom stereocenters. The third-order valence-electron chi connectivity index (χ3n) is 4.19. The predicted octanol–water partition coefficient (Wildman–Crippen LogP) is 6.03. The second kappa shape index (κ2) is 8.64. The standard InChI is InChI=1S/C23H15BrClNO3/c24-18-8-4-16(5-9-18)14-28-20-10-6-15(7-11-20)12-21-23(27)29-22(26-21)17-2-1-3-19(25)13-17/h1-13H,14H2/b21-12-. The van der Waals surface area contributed by atoms with Crippen molar-refractivity contribution in [3.63, 3.8) is 0 Å². The Kier molecular flexibility index (Phi) is 5.79. The van der Waals surface area contributed by atoms with Crippen LogP contribution in [0.15, 0.2) is 88.0 Å². The zero-order valence-electron chi connectivity index (χ0n) is 15.1. The lowest BCUT2D eigenvalue weighted by Gasteiger charge is -2.06. The van der Waals surface area contributed by atoms with Crippen molar-refractivity contribution in [1.29, 1.82) is 0 Å². The molecule has 0 aliphatic carbocycles. The van der Waals surface area contributed by atoms with Crippen molar-refractivity contribution < 1.29 is 14.3 Å². The first kappa shape index (κ1) is 19.4. The number of benzene rings is 3.